The molecule has 1 radical (unpaired) electrons. The summed E-state index contributed by atoms with van der Waals surface area (Å²) in [5.41, 5.74) is 0.751. The number of rotatable bonds is 3. The predicted molar refractivity (Wildman–Crippen MR) is 109 cm³/mol. The van der Waals surface area contributed by atoms with Gasteiger partial charge in [-0.3, -0.25) is 4.55 Å². The molecule has 4 aromatic carbocycles. The van der Waals surface area contributed by atoms with Gasteiger partial charge in [0.15, 0.2) is 0 Å². The van der Waals surface area contributed by atoms with Crippen LogP contribution in [0.4, 0.5) is 11.4 Å². The smallest absolute Gasteiger partial charge is 0.295 e. The monoisotopic (exact) mass is 401 g/mol. The van der Waals surface area contributed by atoms with Crippen molar-refractivity contribution in [2.24, 2.45) is 10.2 Å². The summed E-state index contributed by atoms with van der Waals surface area (Å²) in [5.74, 6) is -0.00342. The van der Waals surface area contributed by atoms with Crippen LogP contribution in [0.5, 0.6) is 5.75 Å². The van der Waals surface area contributed by atoms with Crippen LogP contribution in [0.3, 0.4) is 0 Å². The molecule has 0 spiro atoms. The molecule has 0 heterocycles. The van der Waals surface area contributed by atoms with Gasteiger partial charge >= 0.3 is 0 Å². The summed E-state index contributed by atoms with van der Waals surface area (Å²) >= 11 is 0. The largest absolute Gasteiger partial charge is 0.506 e. The summed E-state index contributed by atoms with van der Waals surface area (Å²) < 4.78 is 32.6. The standard InChI is InChI=1S/C20H14N2O4S.Na/c23-18-12-11-13-5-1-2-6-14(13)20(18)22-21-17-9-3-8-16-15(17)7-4-10-19(16)27(24,25)26;/h1-12,23H,(H,24,25,26);. The minimum Gasteiger partial charge on any atom is -0.506 e. The van der Waals surface area contributed by atoms with Crippen molar-refractivity contribution in [1.82, 2.24) is 0 Å². The second kappa shape index (κ2) is 7.98. The molecule has 0 bridgehead atoms. The Balaban J connectivity index is 0.00000225. The molecule has 0 saturated heterocycles. The molecule has 0 unspecified atom stereocenters. The average molecular weight is 401 g/mol. The third-order valence-corrected chi connectivity index (χ3v) is 5.19. The SMILES string of the molecule is O=S(=O)(O)c1cccc2c(N=Nc3c(O)ccc4ccccc34)cccc12.[Na]. The summed E-state index contributed by atoms with van der Waals surface area (Å²) in [6.45, 7) is 0. The summed E-state index contributed by atoms with van der Waals surface area (Å²) in [5, 5.41) is 21.2. The Hall–Kier alpha value is -2.29. The number of phenolic OH excluding ortho intramolecular Hbond substituents is 1. The minimum atomic E-state index is -4.36. The molecule has 135 valence electrons. The molecule has 6 nitrogen and oxygen atoms in total. The molecule has 2 N–H and O–H groups in total. The van der Waals surface area contributed by atoms with Crippen LogP contribution >= 0.6 is 0 Å². The number of aromatic hydroxyl groups is 1. The molecule has 8 heteroatoms. The van der Waals surface area contributed by atoms with Gasteiger partial charge in [-0.1, -0.05) is 54.6 Å². The molecule has 0 amide bonds. The van der Waals surface area contributed by atoms with Crippen molar-refractivity contribution < 1.29 is 18.1 Å². The minimum absolute atomic E-state index is 0. The van der Waals surface area contributed by atoms with E-state index in [0.29, 0.717) is 22.1 Å². The molecule has 0 aliphatic heterocycles. The average Bonchev–Trinajstić information content (AvgIpc) is 2.66. The summed E-state index contributed by atoms with van der Waals surface area (Å²) in [7, 11) is -4.36. The van der Waals surface area contributed by atoms with Crippen LogP contribution in [-0.2, 0) is 10.1 Å². The van der Waals surface area contributed by atoms with E-state index >= 15 is 0 Å². The molecule has 0 atom stereocenters. The van der Waals surface area contributed by atoms with E-state index < -0.39 is 10.1 Å². The quantitative estimate of drug-likeness (QED) is 0.287. The molecule has 28 heavy (non-hydrogen) atoms. The Labute approximate surface area is 183 Å². The summed E-state index contributed by atoms with van der Waals surface area (Å²) in [6, 6.07) is 20.3. The molecule has 0 aromatic heterocycles. The zero-order valence-electron chi connectivity index (χ0n) is 14.9. The van der Waals surface area contributed by atoms with Crippen LogP contribution in [0.1, 0.15) is 0 Å². The summed E-state index contributed by atoms with van der Waals surface area (Å²) in [4.78, 5) is -0.190. The van der Waals surface area contributed by atoms with Gasteiger partial charge in [0, 0.05) is 45.7 Å². The zero-order valence-corrected chi connectivity index (χ0v) is 17.8. The number of hydrogen-bond donors (Lipinski definition) is 2. The van der Waals surface area contributed by atoms with E-state index in [9.17, 15) is 18.1 Å². The van der Waals surface area contributed by atoms with Crippen LogP contribution < -0.4 is 0 Å². The van der Waals surface area contributed by atoms with E-state index in [0.717, 1.165) is 10.8 Å². The molecule has 4 rings (SSSR count). The number of fused-ring (bicyclic) bond motifs is 2. The molecule has 0 saturated carbocycles. The molecule has 0 aliphatic carbocycles. The van der Waals surface area contributed by atoms with Gasteiger partial charge in [0.1, 0.15) is 16.3 Å². The first kappa shape index (κ1) is 20.4. The topological polar surface area (TPSA) is 99.3 Å². The first-order chi connectivity index (χ1) is 12.9. The maximum absolute atomic E-state index is 11.6. The molecular weight excluding hydrogens is 387 g/mol. The number of benzene rings is 4. The van der Waals surface area contributed by atoms with Crippen molar-refractivity contribution in [1.29, 1.82) is 0 Å². The van der Waals surface area contributed by atoms with Crippen LogP contribution in [0.2, 0.25) is 0 Å². The Bertz CT molecular complexity index is 1320. The van der Waals surface area contributed by atoms with Crippen molar-refractivity contribution in [3.8, 4) is 5.75 Å². The number of azo groups is 1. The Kier molecular flexibility index (Phi) is 5.83. The van der Waals surface area contributed by atoms with Gasteiger partial charge in [-0.05, 0) is 23.6 Å². The molecule has 4 aromatic rings. The van der Waals surface area contributed by atoms with Crippen LogP contribution in [0.25, 0.3) is 21.5 Å². The number of nitrogens with zero attached hydrogens (tertiary/aromatic N) is 2. The summed E-state index contributed by atoms with van der Waals surface area (Å²) in [6.07, 6.45) is 0. The van der Waals surface area contributed by atoms with E-state index in [1.165, 1.54) is 12.1 Å². The van der Waals surface area contributed by atoms with E-state index in [-0.39, 0.29) is 40.2 Å². The van der Waals surface area contributed by atoms with Crippen LogP contribution in [0, 0.1) is 0 Å². The fraction of sp³-hybridized carbons (Fsp3) is 0. The predicted octanol–water partition coefficient (Wildman–Crippen LogP) is 4.98. The first-order valence-electron chi connectivity index (χ1n) is 8.07. The van der Waals surface area contributed by atoms with Gasteiger partial charge in [-0.15, -0.1) is 10.2 Å². The molecule has 0 aliphatic rings. The van der Waals surface area contributed by atoms with Crippen molar-refractivity contribution in [2.75, 3.05) is 0 Å². The molecule has 0 fully saturated rings. The van der Waals surface area contributed by atoms with E-state index in [2.05, 4.69) is 10.2 Å². The van der Waals surface area contributed by atoms with Crippen LogP contribution in [-0.4, -0.2) is 47.6 Å². The van der Waals surface area contributed by atoms with E-state index in [4.69, 9.17) is 0 Å². The first-order valence-corrected chi connectivity index (χ1v) is 9.51. The Morgan fingerprint density at radius 1 is 0.714 bits per heavy atom. The maximum atomic E-state index is 11.6. The van der Waals surface area contributed by atoms with Crippen LogP contribution in [0.15, 0.2) is 87.9 Å². The van der Waals surface area contributed by atoms with Gasteiger partial charge in [0.2, 0.25) is 0 Å². The maximum Gasteiger partial charge on any atom is 0.295 e. The van der Waals surface area contributed by atoms with E-state index in [1.807, 2.05) is 24.3 Å². The zero-order chi connectivity index (χ0) is 19.0. The normalized spacial score (nSPS) is 11.8. The van der Waals surface area contributed by atoms with Gasteiger partial charge in [-0.2, -0.15) is 8.42 Å². The van der Waals surface area contributed by atoms with Crippen molar-refractivity contribution in [2.45, 2.75) is 4.90 Å². The fourth-order valence-electron chi connectivity index (χ4n) is 3.03. The third-order valence-electron chi connectivity index (χ3n) is 4.27. The fourth-order valence-corrected chi connectivity index (χ4v) is 3.74. The van der Waals surface area contributed by atoms with Gasteiger partial charge < -0.3 is 5.11 Å². The third kappa shape index (κ3) is 3.80. The molecular formula is C20H14N2NaO4S. The Morgan fingerprint density at radius 3 is 2.18 bits per heavy atom. The van der Waals surface area contributed by atoms with E-state index in [1.54, 1.807) is 36.4 Å². The number of phenols is 1. The second-order valence-corrected chi connectivity index (χ2v) is 7.35. The second-order valence-electron chi connectivity index (χ2n) is 5.96. The van der Waals surface area contributed by atoms with Gasteiger partial charge in [0.25, 0.3) is 10.1 Å². The van der Waals surface area contributed by atoms with Crippen molar-refractivity contribution >= 4 is 72.6 Å². The van der Waals surface area contributed by atoms with Gasteiger partial charge in [-0.25, -0.2) is 0 Å². The Morgan fingerprint density at radius 2 is 1.39 bits per heavy atom. The van der Waals surface area contributed by atoms with Crippen molar-refractivity contribution in [3.63, 3.8) is 0 Å². The van der Waals surface area contributed by atoms with Crippen molar-refractivity contribution in [3.05, 3.63) is 72.8 Å². The van der Waals surface area contributed by atoms with Gasteiger partial charge in [0.05, 0.1) is 5.69 Å². The number of hydrogen-bond acceptors (Lipinski definition) is 5.